The molecule has 6 heterocycles. The van der Waals surface area contributed by atoms with Crippen molar-refractivity contribution >= 4 is 39.9 Å². The summed E-state index contributed by atoms with van der Waals surface area (Å²) in [5.41, 5.74) is 16.8. The van der Waals surface area contributed by atoms with Gasteiger partial charge in [-0.15, -0.1) is 0 Å². The minimum Gasteiger partial charge on any atom is -0.385 e. The number of benzene rings is 4. The van der Waals surface area contributed by atoms with Crippen LogP contribution >= 0.6 is 0 Å². The first-order valence-electron chi connectivity index (χ1n) is 18.2. The van der Waals surface area contributed by atoms with Crippen molar-refractivity contribution in [3.63, 3.8) is 0 Å². The molecule has 0 radical (unpaired) electrons. The summed E-state index contributed by atoms with van der Waals surface area (Å²) in [5.74, 6) is -0.149. The van der Waals surface area contributed by atoms with Gasteiger partial charge in [0, 0.05) is 44.3 Å². The molecule has 3 aliphatic heterocycles. The van der Waals surface area contributed by atoms with Gasteiger partial charge in [0.2, 0.25) is 0 Å². The molecule has 0 amide bonds. The maximum atomic E-state index is 6.40. The first kappa shape index (κ1) is 31.0. The Bertz CT molecular complexity index is 2730. The summed E-state index contributed by atoms with van der Waals surface area (Å²) in [6, 6.07) is 50.7. The third-order valence-corrected chi connectivity index (χ3v) is 10.5. The van der Waals surface area contributed by atoms with E-state index in [9.17, 15) is 0 Å². The lowest BCUT2D eigenvalue weighted by atomic mass is 9.87. The van der Waals surface area contributed by atoms with E-state index in [0.29, 0.717) is 0 Å². The maximum Gasteiger partial charge on any atom is 0.183 e. The Kier molecular flexibility index (Phi) is 7.46. The number of oxime groups is 1. The van der Waals surface area contributed by atoms with Crippen molar-refractivity contribution in [1.82, 2.24) is 19.9 Å². The van der Waals surface area contributed by atoms with Crippen LogP contribution in [0.4, 0.5) is 0 Å². The monoisotopic (exact) mass is 685 g/mol. The number of hydrogen-bond donors (Lipinski definition) is 2. The number of aromatic nitrogens is 4. The molecule has 0 saturated heterocycles. The van der Waals surface area contributed by atoms with Crippen LogP contribution in [0.15, 0.2) is 151 Å². The predicted molar refractivity (Wildman–Crippen MR) is 216 cm³/mol. The third kappa shape index (κ3) is 5.22. The minimum absolute atomic E-state index is 0.149. The van der Waals surface area contributed by atoms with Crippen molar-refractivity contribution in [3.8, 4) is 44.5 Å². The van der Waals surface area contributed by atoms with Gasteiger partial charge in [-0.05, 0) is 65.1 Å². The van der Waals surface area contributed by atoms with Crippen LogP contribution in [-0.4, -0.2) is 25.6 Å². The van der Waals surface area contributed by atoms with Gasteiger partial charge in [-0.3, -0.25) is 4.98 Å². The molecule has 0 saturated carbocycles. The van der Waals surface area contributed by atoms with Crippen LogP contribution in [0.2, 0.25) is 0 Å². The van der Waals surface area contributed by atoms with Crippen molar-refractivity contribution in [2.45, 2.75) is 25.4 Å². The van der Waals surface area contributed by atoms with Crippen LogP contribution < -0.4 is 0 Å². The van der Waals surface area contributed by atoms with Gasteiger partial charge in [-0.1, -0.05) is 133 Å². The number of fused-ring (bicyclic) bond motifs is 11. The summed E-state index contributed by atoms with van der Waals surface area (Å²) in [4.78, 5) is 25.1. The third-order valence-electron chi connectivity index (χ3n) is 10.5. The second-order valence-electron chi connectivity index (χ2n) is 13.6. The Balaban J connectivity index is 1.43. The van der Waals surface area contributed by atoms with Crippen molar-refractivity contribution in [1.29, 1.82) is 0 Å². The molecule has 10 rings (SSSR count). The molecule has 3 aromatic heterocycles. The fourth-order valence-electron chi connectivity index (χ4n) is 8.08. The highest BCUT2D eigenvalue weighted by atomic mass is 16.6. The molecule has 8 bridgehead atoms. The summed E-state index contributed by atoms with van der Waals surface area (Å²) in [5, 5.41) is 4.71. The van der Waals surface area contributed by atoms with Gasteiger partial charge in [-0.25, -0.2) is 4.98 Å². The molecule has 0 spiro atoms. The highest BCUT2D eigenvalue weighted by molar-refractivity contribution is 6.00. The Morgan fingerprint density at radius 2 is 0.868 bits per heavy atom. The zero-order valence-corrected chi connectivity index (χ0v) is 29.1. The second kappa shape index (κ2) is 12.8. The number of nitrogens with zero attached hydrogens (tertiary/aromatic N) is 3. The van der Waals surface area contributed by atoms with E-state index < -0.39 is 0 Å². The fraction of sp³-hybridized carbons (Fsp3) is 0.0851. The molecule has 6 nitrogen and oxygen atoms in total. The molecule has 0 fully saturated rings. The predicted octanol–water partition coefficient (Wildman–Crippen LogP) is 11.8. The van der Waals surface area contributed by atoms with Gasteiger partial charge in [0.25, 0.3) is 0 Å². The molecule has 2 N–H and O–H groups in total. The van der Waals surface area contributed by atoms with Crippen molar-refractivity contribution in [3.05, 3.63) is 168 Å². The first-order chi connectivity index (χ1) is 26.2. The van der Waals surface area contributed by atoms with E-state index in [4.69, 9.17) is 20.0 Å². The molecule has 6 heteroatoms. The Hall–Kier alpha value is -6.79. The molecule has 0 aliphatic carbocycles. The smallest absolute Gasteiger partial charge is 0.183 e. The van der Waals surface area contributed by atoms with E-state index in [1.165, 1.54) is 0 Å². The molecule has 2 atom stereocenters. The van der Waals surface area contributed by atoms with Crippen LogP contribution in [0.25, 0.3) is 78.7 Å². The van der Waals surface area contributed by atoms with E-state index >= 15 is 0 Å². The van der Waals surface area contributed by atoms with Gasteiger partial charge >= 0.3 is 0 Å². The van der Waals surface area contributed by atoms with E-state index in [1.807, 2.05) is 12.1 Å². The Morgan fingerprint density at radius 3 is 1.30 bits per heavy atom. The standard InChI is InChI=1S/C47H35N5O/c1-2-33-44-45-42(31-19-11-5-12-20-31)38-27-25-36(49-38)40(29-15-7-3-8-16-29)34-23-24-35(48-34)41(30-17-9-4-10-18-30)37-26-28-39(50-37)43(32-21-13-6-14-22-32)46(51-45)47(44)53-52-33/h3-28,44,47,49-50H,2H2,1H3/t44-,47-/m1/s1. The van der Waals surface area contributed by atoms with Gasteiger partial charge in [-0.2, -0.15) is 0 Å². The van der Waals surface area contributed by atoms with Gasteiger partial charge < -0.3 is 14.8 Å². The number of aromatic amines is 2. The van der Waals surface area contributed by atoms with Crippen LogP contribution in [0.3, 0.4) is 0 Å². The SMILES string of the molecule is CCC1=NO[C@H]2c3nc(c(-c4ccccc4)c4ccc([nH]4)c(-c4ccccc4)c4nc(c(-c5ccccc5)c5ccc([nH]5)c3-c3ccccc3)C=C4)[C@@H]12. The molecule has 53 heavy (non-hydrogen) atoms. The average molecular weight is 686 g/mol. The van der Waals surface area contributed by atoms with Crippen molar-refractivity contribution in [2.24, 2.45) is 5.16 Å². The number of H-pyrrole nitrogens is 2. The Morgan fingerprint density at radius 1 is 0.472 bits per heavy atom. The first-order valence-corrected chi connectivity index (χ1v) is 18.2. The second-order valence-corrected chi connectivity index (χ2v) is 13.6. The number of rotatable bonds is 5. The van der Waals surface area contributed by atoms with E-state index in [-0.39, 0.29) is 12.0 Å². The molecule has 4 aromatic carbocycles. The quantitative estimate of drug-likeness (QED) is 0.189. The summed E-state index contributed by atoms with van der Waals surface area (Å²) in [6.45, 7) is 2.15. The average Bonchev–Trinajstić information content (AvgIpc) is 4.07. The Labute approximate surface area is 307 Å². The van der Waals surface area contributed by atoms with Crippen LogP contribution in [-0.2, 0) is 4.84 Å². The lowest BCUT2D eigenvalue weighted by Gasteiger charge is -2.14. The van der Waals surface area contributed by atoms with Crippen molar-refractivity contribution in [2.75, 3.05) is 0 Å². The van der Waals surface area contributed by atoms with Crippen LogP contribution in [0, 0.1) is 0 Å². The minimum atomic E-state index is -0.381. The topological polar surface area (TPSA) is 79.0 Å². The highest BCUT2D eigenvalue weighted by Gasteiger charge is 2.45. The molecule has 7 aromatic rings. The molecular weight excluding hydrogens is 651 g/mol. The normalized spacial score (nSPS) is 15.9. The van der Waals surface area contributed by atoms with Crippen LogP contribution in [0.5, 0.6) is 0 Å². The van der Waals surface area contributed by atoms with Crippen LogP contribution in [0.1, 0.15) is 48.1 Å². The van der Waals surface area contributed by atoms with Gasteiger partial charge in [0.1, 0.15) is 0 Å². The van der Waals surface area contributed by atoms with Gasteiger partial charge in [0.05, 0.1) is 34.4 Å². The summed E-state index contributed by atoms with van der Waals surface area (Å²) < 4.78 is 0. The molecule has 3 aliphatic rings. The summed E-state index contributed by atoms with van der Waals surface area (Å²) >= 11 is 0. The molecular formula is C47H35N5O. The number of nitrogens with one attached hydrogen (secondary N) is 2. The fourth-order valence-corrected chi connectivity index (χ4v) is 8.08. The van der Waals surface area contributed by atoms with E-state index in [0.717, 1.165) is 101 Å². The van der Waals surface area contributed by atoms with Crippen molar-refractivity contribution < 1.29 is 4.84 Å². The number of hydrogen-bond acceptors (Lipinski definition) is 4. The van der Waals surface area contributed by atoms with E-state index in [1.54, 1.807) is 0 Å². The molecule has 0 unspecified atom stereocenters. The zero-order valence-electron chi connectivity index (χ0n) is 29.1. The highest BCUT2D eigenvalue weighted by Crippen LogP contribution is 2.50. The van der Waals surface area contributed by atoms with E-state index in [2.05, 4.69) is 163 Å². The van der Waals surface area contributed by atoms with Gasteiger partial charge in [0.15, 0.2) is 6.10 Å². The lowest BCUT2D eigenvalue weighted by Crippen LogP contribution is -2.11. The summed E-state index contributed by atoms with van der Waals surface area (Å²) in [7, 11) is 0. The summed E-state index contributed by atoms with van der Waals surface area (Å²) in [6.07, 6.45) is 4.65. The zero-order chi connectivity index (χ0) is 35.3. The molecule has 254 valence electrons. The largest absolute Gasteiger partial charge is 0.385 e. The maximum absolute atomic E-state index is 6.40. The lowest BCUT2D eigenvalue weighted by molar-refractivity contribution is 0.0800.